The molecule has 0 radical (unpaired) electrons. The van der Waals surface area contributed by atoms with Gasteiger partial charge in [-0.3, -0.25) is 4.79 Å². The smallest absolute Gasteiger partial charge is 0.200 e. The van der Waals surface area contributed by atoms with Crippen molar-refractivity contribution in [1.29, 1.82) is 0 Å². The number of Topliss-reactive ketones (excluding diaryl/α,β-unsaturated/α-hetero) is 1. The summed E-state index contributed by atoms with van der Waals surface area (Å²) in [5, 5.41) is 0.700. The molecule has 3 rings (SSSR count). The average molecular weight is 287 g/mol. The molecule has 0 spiro atoms. The molecule has 0 aliphatic carbocycles. The maximum atomic E-state index is 12.3. The van der Waals surface area contributed by atoms with Crippen molar-refractivity contribution in [1.82, 2.24) is 0 Å². The number of aryl methyl sites for hydroxylation is 1. The molecule has 2 aromatic rings. The molecule has 0 N–H and O–H groups in total. The van der Waals surface area contributed by atoms with Gasteiger partial charge in [0.2, 0.25) is 5.78 Å². The van der Waals surface area contributed by atoms with Gasteiger partial charge in [0.15, 0.2) is 0 Å². The van der Waals surface area contributed by atoms with Gasteiger partial charge in [0.25, 0.3) is 0 Å². The Labute approximate surface area is 121 Å². The lowest BCUT2D eigenvalue weighted by Gasteiger charge is -1.96. The molecule has 3 heteroatoms. The average Bonchev–Trinajstić information content (AvgIpc) is 2.70. The topological polar surface area (TPSA) is 17.1 Å². The van der Waals surface area contributed by atoms with Gasteiger partial charge in [0, 0.05) is 15.5 Å². The molecule has 0 saturated heterocycles. The van der Waals surface area contributed by atoms with Gasteiger partial charge < -0.3 is 0 Å². The Morgan fingerprint density at radius 1 is 1.11 bits per heavy atom. The summed E-state index contributed by atoms with van der Waals surface area (Å²) in [6, 6.07) is 13.5. The second kappa shape index (κ2) is 4.87. The second-order valence-corrected chi connectivity index (χ2v) is 6.01. The van der Waals surface area contributed by atoms with Gasteiger partial charge in [0.1, 0.15) is 0 Å². The zero-order chi connectivity index (χ0) is 13.4. The van der Waals surface area contributed by atoms with E-state index < -0.39 is 0 Å². The Hall–Kier alpha value is -1.51. The number of fused-ring (bicyclic) bond motifs is 1. The van der Waals surface area contributed by atoms with E-state index in [0.29, 0.717) is 5.02 Å². The molecule has 1 aliphatic rings. The van der Waals surface area contributed by atoms with Crippen LogP contribution in [0.25, 0.3) is 6.08 Å². The molecule has 0 atom stereocenters. The fourth-order valence-corrected chi connectivity index (χ4v) is 3.17. The molecule has 0 unspecified atom stereocenters. The van der Waals surface area contributed by atoms with Gasteiger partial charge in [-0.25, -0.2) is 0 Å². The fourth-order valence-electron chi connectivity index (χ4n) is 2.01. The van der Waals surface area contributed by atoms with Gasteiger partial charge in [-0.1, -0.05) is 47.1 Å². The molecule has 0 bridgehead atoms. The van der Waals surface area contributed by atoms with E-state index in [1.54, 1.807) is 0 Å². The highest BCUT2D eigenvalue weighted by molar-refractivity contribution is 8.04. The maximum Gasteiger partial charge on any atom is 0.200 e. The molecular weight excluding hydrogens is 276 g/mol. The number of thioether (sulfide) groups is 1. The molecule has 19 heavy (non-hydrogen) atoms. The number of rotatable bonds is 1. The fraction of sp³-hybridized carbons (Fsp3) is 0.0625. The molecule has 1 aliphatic heterocycles. The largest absolute Gasteiger partial charge is 0.288 e. The number of halogens is 1. The van der Waals surface area contributed by atoms with E-state index in [1.165, 1.54) is 11.8 Å². The van der Waals surface area contributed by atoms with Crippen molar-refractivity contribution >= 4 is 35.2 Å². The van der Waals surface area contributed by atoms with Crippen molar-refractivity contribution in [2.45, 2.75) is 11.8 Å². The lowest BCUT2D eigenvalue weighted by molar-refractivity contribution is 0.104. The van der Waals surface area contributed by atoms with Crippen LogP contribution in [0.2, 0.25) is 5.02 Å². The van der Waals surface area contributed by atoms with E-state index in [-0.39, 0.29) is 5.78 Å². The summed E-state index contributed by atoms with van der Waals surface area (Å²) in [5.74, 6) is 0.110. The Morgan fingerprint density at radius 2 is 1.84 bits per heavy atom. The SMILES string of the molecule is Cc1ccc2c(c1)C(=O)/C(=C/c1ccc(Cl)cc1)S2. The third kappa shape index (κ3) is 2.46. The van der Waals surface area contributed by atoms with Crippen LogP contribution < -0.4 is 0 Å². The van der Waals surface area contributed by atoms with Crippen LogP contribution in [0.1, 0.15) is 21.5 Å². The van der Waals surface area contributed by atoms with Crippen molar-refractivity contribution in [3.8, 4) is 0 Å². The Morgan fingerprint density at radius 3 is 2.58 bits per heavy atom. The highest BCUT2D eigenvalue weighted by Crippen LogP contribution is 2.41. The highest BCUT2D eigenvalue weighted by atomic mass is 35.5. The highest BCUT2D eigenvalue weighted by Gasteiger charge is 2.25. The number of ketones is 1. The molecule has 0 fully saturated rings. The number of carbonyl (C=O) groups excluding carboxylic acids is 1. The van der Waals surface area contributed by atoms with Crippen LogP contribution in [0.4, 0.5) is 0 Å². The molecule has 0 saturated carbocycles. The first-order chi connectivity index (χ1) is 9.13. The van der Waals surface area contributed by atoms with Crippen LogP contribution in [0.15, 0.2) is 52.3 Å². The van der Waals surface area contributed by atoms with Crippen LogP contribution in [0.3, 0.4) is 0 Å². The molecular formula is C16H11ClOS. The van der Waals surface area contributed by atoms with E-state index in [0.717, 1.165) is 26.5 Å². The minimum Gasteiger partial charge on any atom is -0.288 e. The van der Waals surface area contributed by atoms with Crippen LogP contribution in [-0.2, 0) is 0 Å². The molecule has 94 valence electrons. The van der Waals surface area contributed by atoms with Gasteiger partial charge in [-0.15, -0.1) is 0 Å². The number of hydrogen-bond donors (Lipinski definition) is 0. The minimum absolute atomic E-state index is 0.110. The first kappa shape index (κ1) is 12.5. The van der Waals surface area contributed by atoms with E-state index in [4.69, 9.17) is 11.6 Å². The predicted molar refractivity (Wildman–Crippen MR) is 80.8 cm³/mol. The molecule has 1 heterocycles. The summed E-state index contributed by atoms with van der Waals surface area (Å²) < 4.78 is 0. The number of carbonyl (C=O) groups is 1. The molecule has 2 aromatic carbocycles. The van der Waals surface area contributed by atoms with Gasteiger partial charge in [-0.2, -0.15) is 0 Å². The standard InChI is InChI=1S/C16H11ClOS/c1-10-2-7-14-13(8-10)16(18)15(19-14)9-11-3-5-12(17)6-4-11/h2-9H,1H3/b15-9-. The molecule has 0 amide bonds. The zero-order valence-electron chi connectivity index (χ0n) is 10.3. The van der Waals surface area contributed by atoms with Gasteiger partial charge >= 0.3 is 0 Å². The van der Waals surface area contributed by atoms with Crippen LogP contribution >= 0.6 is 23.4 Å². The van der Waals surface area contributed by atoms with Crippen molar-refractivity contribution in [3.63, 3.8) is 0 Å². The number of allylic oxidation sites excluding steroid dienone is 1. The first-order valence-corrected chi connectivity index (χ1v) is 7.13. The molecule has 0 aromatic heterocycles. The van der Waals surface area contributed by atoms with Crippen molar-refractivity contribution in [3.05, 3.63) is 69.1 Å². The van der Waals surface area contributed by atoms with E-state index in [2.05, 4.69) is 0 Å². The Kier molecular flexibility index (Phi) is 3.21. The summed E-state index contributed by atoms with van der Waals surface area (Å²) in [7, 11) is 0. The van der Waals surface area contributed by atoms with Crippen LogP contribution in [0.5, 0.6) is 0 Å². The minimum atomic E-state index is 0.110. The number of hydrogen-bond acceptors (Lipinski definition) is 2. The van der Waals surface area contributed by atoms with Crippen molar-refractivity contribution in [2.24, 2.45) is 0 Å². The van der Waals surface area contributed by atoms with Crippen LogP contribution in [-0.4, -0.2) is 5.78 Å². The van der Waals surface area contributed by atoms with E-state index >= 15 is 0 Å². The monoisotopic (exact) mass is 286 g/mol. The summed E-state index contributed by atoms with van der Waals surface area (Å²) in [5.41, 5.74) is 2.91. The van der Waals surface area contributed by atoms with E-state index in [9.17, 15) is 4.79 Å². The van der Waals surface area contributed by atoms with Crippen LogP contribution in [0, 0.1) is 6.92 Å². The predicted octanol–water partition coefficient (Wildman–Crippen LogP) is 4.98. The van der Waals surface area contributed by atoms with Crippen molar-refractivity contribution < 1.29 is 4.79 Å². The van der Waals surface area contributed by atoms with Gasteiger partial charge in [0.05, 0.1) is 4.91 Å². The first-order valence-electron chi connectivity index (χ1n) is 5.94. The number of benzene rings is 2. The summed E-state index contributed by atoms with van der Waals surface area (Å²) in [6.45, 7) is 2.00. The Balaban J connectivity index is 1.97. The summed E-state index contributed by atoms with van der Waals surface area (Å²) >= 11 is 7.39. The normalized spacial score (nSPS) is 15.9. The Bertz CT molecular complexity index is 686. The summed E-state index contributed by atoms with van der Waals surface area (Å²) in [4.78, 5) is 14.1. The van der Waals surface area contributed by atoms with Gasteiger partial charge in [-0.05, 0) is 42.8 Å². The quantitative estimate of drug-likeness (QED) is 0.688. The second-order valence-electron chi connectivity index (χ2n) is 4.49. The summed E-state index contributed by atoms with van der Waals surface area (Å²) in [6.07, 6.45) is 1.92. The lowest BCUT2D eigenvalue weighted by Crippen LogP contribution is -1.94. The zero-order valence-corrected chi connectivity index (χ0v) is 11.9. The maximum absolute atomic E-state index is 12.3. The van der Waals surface area contributed by atoms with E-state index in [1.807, 2.05) is 55.5 Å². The lowest BCUT2D eigenvalue weighted by atomic mass is 10.1. The third-order valence-corrected chi connectivity index (χ3v) is 4.34. The third-order valence-electron chi connectivity index (χ3n) is 2.99. The van der Waals surface area contributed by atoms with Crippen molar-refractivity contribution in [2.75, 3.05) is 0 Å². The molecule has 1 nitrogen and oxygen atoms in total.